The largest absolute Gasteiger partial charge is 0.382 e. The van der Waals surface area contributed by atoms with Gasteiger partial charge in [0, 0.05) is 27.3 Å². The van der Waals surface area contributed by atoms with Gasteiger partial charge in [-0.3, -0.25) is 4.98 Å². The van der Waals surface area contributed by atoms with Gasteiger partial charge in [-0.15, -0.1) is 0 Å². The van der Waals surface area contributed by atoms with E-state index in [1.807, 2.05) is 13.0 Å². The van der Waals surface area contributed by atoms with Gasteiger partial charge in [0.15, 0.2) is 0 Å². The van der Waals surface area contributed by atoms with Crippen molar-refractivity contribution in [2.75, 3.05) is 5.32 Å². The molecule has 3 rings (SSSR count). The molecular formula is C13H13BrN2. The summed E-state index contributed by atoms with van der Waals surface area (Å²) < 4.78 is 1.10. The molecule has 0 radical (unpaired) electrons. The van der Waals surface area contributed by atoms with Crippen molar-refractivity contribution in [1.82, 2.24) is 4.98 Å². The number of pyridine rings is 1. The van der Waals surface area contributed by atoms with Gasteiger partial charge < -0.3 is 5.32 Å². The minimum Gasteiger partial charge on any atom is -0.382 e. The first-order valence-corrected chi connectivity index (χ1v) is 6.35. The molecule has 2 aromatic rings. The second-order valence-corrected chi connectivity index (χ2v) is 5.31. The minimum atomic E-state index is 0.670. The molecule has 0 unspecified atom stereocenters. The predicted molar refractivity (Wildman–Crippen MR) is 70.8 cm³/mol. The zero-order valence-corrected chi connectivity index (χ0v) is 10.7. The third-order valence-corrected chi connectivity index (χ3v) is 3.33. The van der Waals surface area contributed by atoms with E-state index >= 15 is 0 Å². The molecule has 1 aliphatic carbocycles. The zero-order chi connectivity index (χ0) is 11.1. The molecule has 1 N–H and O–H groups in total. The van der Waals surface area contributed by atoms with E-state index in [1.165, 1.54) is 23.9 Å². The molecule has 1 heterocycles. The van der Waals surface area contributed by atoms with Crippen molar-refractivity contribution in [2.45, 2.75) is 25.8 Å². The summed E-state index contributed by atoms with van der Waals surface area (Å²) >= 11 is 3.51. The van der Waals surface area contributed by atoms with Crippen LogP contribution in [0.1, 0.15) is 18.5 Å². The van der Waals surface area contributed by atoms with E-state index in [0.717, 1.165) is 15.7 Å². The van der Waals surface area contributed by atoms with Gasteiger partial charge in [-0.25, -0.2) is 0 Å². The fourth-order valence-electron chi connectivity index (χ4n) is 1.90. The molecule has 0 aliphatic heterocycles. The average Bonchev–Trinajstić information content (AvgIpc) is 3.03. The van der Waals surface area contributed by atoms with E-state index in [4.69, 9.17) is 0 Å². The Morgan fingerprint density at radius 3 is 2.88 bits per heavy atom. The van der Waals surface area contributed by atoms with E-state index in [-0.39, 0.29) is 0 Å². The first-order chi connectivity index (χ1) is 7.72. The maximum Gasteiger partial charge on any atom is 0.0726 e. The van der Waals surface area contributed by atoms with Crippen LogP contribution in [-0.4, -0.2) is 11.0 Å². The lowest BCUT2D eigenvalue weighted by Crippen LogP contribution is -2.02. The highest BCUT2D eigenvalue weighted by Gasteiger charge is 2.21. The van der Waals surface area contributed by atoms with Gasteiger partial charge in [-0.1, -0.05) is 15.9 Å². The maximum absolute atomic E-state index is 4.54. The number of nitrogens with one attached hydrogen (secondary N) is 1. The van der Waals surface area contributed by atoms with Crippen molar-refractivity contribution in [2.24, 2.45) is 0 Å². The molecule has 82 valence electrons. The molecule has 1 fully saturated rings. The highest BCUT2D eigenvalue weighted by Crippen LogP contribution is 2.31. The van der Waals surface area contributed by atoms with Gasteiger partial charge >= 0.3 is 0 Å². The second-order valence-electron chi connectivity index (χ2n) is 4.39. The number of anilines is 1. The van der Waals surface area contributed by atoms with Crippen molar-refractivity contribution in [3.05, 3.63) is 34.4 Å². The van der Waals surface area contributed by atoms with Crippen molar-refractivity contribution >= 4 is 32.5 Å². The Labute approximate surface area is 103 Å². The number of hydrogen-bond donors (Lipinski definition) is 1. The van der Waals surface area contributed by atoms with Crippen LogP contribution in [0.5, 0.6) is 0 Å². The molecule has 16 heavy (non-hydrogen) atoms. The Bertz CT molecular complexity index is 547. The first-order valence-electron chi connectivity index (χ1n) is 5.56. The van der Waals surface area contributed by atoms with Gasteiger partial charge in [-0.05, 0) is 44.0 Å². The predicted octanol–water partition coefficient (Wildman–Crippen LogP) is 3.88. The maximum atomic E-state index is 4.54. The standard InChI is InChI=1S/C13H13BrN2/c1-8-6-13(16-10-3-4-10)11-7-9(14)2-5-12(11)15-8/h2,5-7,10H,3-4H2,1H3,(H,15,16). The van der Waals surface area contributed by atoms with Crippen molar-refractivity contribution in [3.8, 4) is 0 Å². The number of fused-ring (bicyclic) bond motifs is 1. The topological polar surface area (TPSA) is 24.9 Å². The lowest BCUT2D eigenvalue weighted by atomic mass is 10.1. The van der Waals surface area contributed by atoms with Crippen LogP contribution >= 0.6 is 15.9 Å². The van der Waals surface area contributed by atoms with Crippen LogP contribution in [0.3, 0.4) is 0 Å². The smallest absolute Gasteiger partial charge is 0.0726 e. The molecule has 0 amide bonds. The quantitative estimate of drug-likeness (QED) is 0.901. The molecule has 1 aliphatic rings. The number of hydrogen-bond acceptors (Lipinski definition) is 2. The van der Waals surface area contributed by atoms with Crippen LogP contribution in [-0.2, 0) is 0 Å². The van der Waals surface area contributed by atoms with Crippen LogP contribution in [0.4, 0.5) is 5.69 Å². The first kappa shape index (κ1) is 10.1. The Kier molecular flexibility index (Phi) is 2.36. The molecule has 1 aromatic heterocycles. The van der Waals surface area contributed by atoms with E-state index in [9.17, 15) is 0 Å². The summed E-state index contributed by atoms with van der Waals surface area (Å²) in [6.45, 7) is 2.04. The molecule has 0 saturated heterocycles. The summed E-state index contributed by atoms with van der Waals surface area (Å²) in [4.78, 5) is 4.54. The Morgan fingerprint density at radius 2 is 2.12 bits per heavy atom. The number of nitrogens with zero attached hydrogens (tertiary/aromatic N) is 1. The number of benzene rings is 1. The summed E-state index contributed by atoms with van der Waals surface area (Å²) in [5.74, 6) is 0. The van der Waals surface area contributed by atoms with Gasteiger partial charge in [0.05, 0.1) is 5.52 Å². The van der Waals surface area contributed by atoms with Gasteiger partial charge in [0.2, 0.25) is 0 Å². The summed E-state index contributed by atoms with van der Waals surface area (Å²) in [5.41, 5.74) is 3.34. The molecule has 1 saturated carbocycles. The average molecular weight is 277 g/mol. The van der Waals surface area contributed by atoms with Crippen LogP contribution in [0, 0.1) is 6.92 Å². The Hall–Kier alpha value is -1.09. The number of aromatic nitrogens is 1. The van der Waals surface area contributed by atoms with Crippen LogP contribution < -0.4 is 5.32 Å². The fourth-order valence-corrected chi connectivity index (χ4v) is 2.26. The number of aryl methyl sites for hydroxylation is 1. The fraction of sp³-hybridized carbons (Fsp3) is 0.308. The monoisotopic (exact) mass is 276 g/mol. The van der Waals surface area contributed by atoms with Gasteiger partial charge in [0.1, 0.15) is 0 Å². The molecule has 2 nitrogen and oxygen atoms in total. The molecule has 0 spiro atoms. The molecule has 3 heteroatoms. The Morgan fingerprint density at radius 1 is 1.31 bits per heavy atom. The summed E-state index contributed by atoms with van der Waals surface area (Å²) in [6, 6.07) is 9.03. The SMILES string of the molecule is Cc1cc(NC2CC2)c2cc(Br)ccc2n1. The lowest BCUT2D eigenvalue weighted by molar-refractivity contribution is 1.15. The minimum absolute atomic E-state index is 0.670. The highest BCUT2D eigenvalue weighted by molar-refractivity contribution is 9.10. The van der Waals surface area contributed by atoms with E-state index < -0.39 is 0 Å². The third-order valence-electron chi connectivity index (χ3n) is 2.84. The summed E-state index contributed by atoms with van der Waals surface area (Å²) in [7, 11) is 0. The lowest BCUT2D eigenvalue weighted by Gasteiger charge is -2.10. The van der Waals surface area contributed by atoms with Crippen molar-refractivity contribution in [3.63, 3.8) is 0 Å². The molecule has 0 atom stereocenters. The van der Waals surface area contributed by atoms with E-state index in [1.54, 1.807) is 0 Å². The molecule has 0 bridgehead atoms. The number of rotatable bonds is 2. The molecule has 1 aromatic carbocycles. The summed E-state index contributed by atoms with van der Waals surface area (Å²) in [5, 5.41) is 4.77. The molecular weight excluding hydrogens is 264 g/mol. The highest BCUT2D eigenvalue weighted by atomic mass is 79.9. The Balaban J connectivity index is 2.18. The van der Waals surface area contributed by atoms with Crippen molar-refractivity contribution in [1.29, 1.82) is 0 Å². The van der Waals surface area contributed by atoms with E-state index in [2.05, 4.69) is 44.4 Å². The zero-order valence-electron chi connectivity index (χ0n) is 9.13. The van der Waals surface area contributed by atoms with Crippen molar-refractivity contribution < 1.29 is 0 Å². The van der Waals surface area contributed by atoms with Crippen LogP contribution in [0.15, 0.2) is 28.7 Å². The van der Waals surface area contributed by atoms with Crippen LogP contribution in [0.25, 0.3) is 10.9 Å². The van der Waals surface area contributed by atoms with Crippen LogP contribution in [0.2, 0.25) is 0 Å². The summed E-state index contributed by atoms with van der Waals surface area (Å²) in [6.07, 6.45) is 2.58. The van der Waals surface area contributed by atoms with Gasteiger partial charge in [0.25, 0.3) is 0 Å². The number of halogens is 1. The van der Waals surface area contributed by atoms with Gasteiger partial charge in [-0.2, -0.15) is 0 Å². The third kappa shape index (κ3) is 1.92. The van der Waals surface area contributed by atoms with E-state index in [0.29, 0.717) is 6.04 Å². The normalized spacial score (nSPS) is 15.4. The second kappa shape index (κ2) is 3.74.